The van der Waals surface area contributed by atoms with E-state index in [1.165, 1.54) is 0 Å². The number of amides is 1. The van der Waals surface area contributed by atoms with Crippen LogP contribution in [0.5, 0.6) is 0 Å². The van der Waals surface area contributed by atoms with E-state index in [4.69, 9.17) is 10.4 Å². The van der Waals surface area contributed by atoms with Crippen LogP contribution >= 0.6 is 0 Å². The first-order valence-electron chi connectivity index (χ1n) is 9.76. The molecule has 0 saturated heterocycles. The second-order valence-corrected chi connectivity index (χ2v) is 7.49. The molecule has 150 valence electrons. The quantitative estimate of drug-likeness (QED) is 0.774. The fraction of sp³-hybridized carbons (Fsp3) is 0.348. The Kier molecular flexibility index (Phi) is 6.18. The highest BCUT2D eigenvalue weighted by molar-refractivity contribution is 5.93. The molecule has 2 aromatic carbocycles. The Morgan fingerprint density at radius 1 is 1.21 bits per heavy atom. The van der Waals surface area contributed by atoms with Crippen molar-refractivity contribution in [3.8, 4) is 6.07 Å². The van der Waals surface area contributed by atoms with Gasteiger partial charge in [-0.25, -0.2) is 0 Å². The van der Waals surface area contributed by atoms with Crippen LogP contribution < -0.4 is 10.2 Å². The minimum atomic E-state index is -0.825. The number of carboxylic acids is 1. The van der Waals surface area contributed by atoms with Crippen LogP contribution in [0.25, 0.3) is 0 Å². The summed E-state index contributed by atoms with van der Waals surface area (Å²) in [5, 5.41) is 21.4. The molecule has 2 unspecified atom stereocenters. The van der Waals surface area contributed by atoms with Crippen molar-refractivity contribution in [1.29, 1.82) is 5.26 Å². The Balaban J connectivity index is 1.92. The largest absolute Gasteiger partial charge is 0.481 e. The molecule has 2 atom stereocenters. The molecule has 1 heterocycles. The van der Waals surface area contributed by atoms with E-state index in [1.807, 2.05) is 54.3 Å². The maximum atomic E-state index is 12.2. The summed E-state index contributed by atoms with van der Waals surface area (Å²) in [6.45, 7) is 3.60. The maximum absolute atomic E-state index is 12.2. The number of aliphatic carboxylic acids is 1. The summed E-state index contributed by atoms with van der Waals surface area (Å²) in [7, 11) is 0. The molecule has 29 heavy (non-hydrogen) atoms. The molecular formula is C23H25N3O3. The van der Waals surface area contributed by atoms with Crippen LogP contribution in [0.3, 0.4) is 0 Å². The van der Waals surface area contributed by atoms with Crippen molar-refractivity contribution in [2.24, 2.45) is 0 Å². The first-order chi connectivity index (χ1) is 13.9. The van der Waals surface area contributed by atoms with Crippen LogP contribution in [0.2, 0.25) is 0 Å². The van der Waals surface area contributed by atoms with E-state index in [0.717, 1.165) is 34.5 Å². The van der Waals surface area contributed by atoms with Gasteiger partial charge in [0.25, 0.3) is 0 Å². The lowest BCUT2D eigenvalue weighted by Crippen LogP contribution is -2.43. The standard InChI is InChI=1S/C23H25N3O3/c1-15-13-21(25-19-7-3-17(4-8-19)11-12-24)20-14-18(6-10-23(28)29)5-9-22(20)26(15)16(2)27/h3-5,7-9,14-15,21,25H,6,10-11,13H2,1-2H3,(H,28,29). The van der Waals surface area contributed by atoms with Crippen molar-refractivity contribution in [3.05, 3.63) is 59.2 Å². The Bertz CT molecular complexity index is 947. The van der Waals surface area contributed by atoms with Gasteiger partial charge in [-0.15, -0.1) is 0 Å². The molecule has 3 rings (SSSR count). The number of hydrogen-bond donors (Lipinski definition) is 2. The van der Waals surface area contributed by atoms with Crippen molar-refractivity contribution in [3.63, 3.8) is 0 Å². The summed E-state index contributed by atoms with van der Waals surface area (Å²) in [6, 6.07) is 15.8. The number of aryl methyl sites for hydroxylation is 1. The van der Waals surface area contributed by atoms with Crippen LogP contribution in [0.15, 0.2) is 42.5 Å². The fourth-order valence-corrected chi connectivity index (χ4v) is 3.95. The third kappa shape index (κ3) is 4.75. The van der Waals surface area contributed by atoms with Gasteiger partial charge in [0.05, 0.1) is 18.5 Å². The average molecular weight is 391 g/mol. The fourth-order valence-electron chi connectivity index (χ4n) is 3.95. The first-order valence-corrected chi connectivity index (χ1v) is 9.76. The zero-order valence-electron chi connectivity index (χ0n) is 16.7. The summed E-state index contributed by atoms with van der Waals surface area (Å²) < 4.78 is 0. The van der Waals surface area contributed by atoms with Gasteiger partial charge in [0, 0.05) is 30.8 Å². The number of carbonyl (C=O) groups excluding carboxylic acids is 1. The third-order valence-corrected chi connectivity index (χ3v) is 5.29. The molecule has 0 radical (unpaired) electrons. The second kappa shape index (κ2) is 8.78. The highest BCUT2D eigenvalue weighted by Gasteiger charge is 2.32. The van der Waals surface area contributed by atoms with Crippen molar-refractivity contribution < 1.29 is 14.7 Å². The van der Waals surface area contributed by atoms with Gasteiger partial charge in [0.1, 0.15) is 0 Å². The van der Waals surface area contributed by atoms with E-state index in [-0.39, 0.29) is 24.4 Å². The predicted molar refractivity (Wildman–Crippen MR) is 112 cm³/mol. The number of nitrogens with one attached hydrogen (secondary N) is 1. The van der Waals surface area contributed by atoms with Crippen LogP contribution in [-0.2, 0) is 22.4 Å². The predicted octanol–water partition coefficient (Wildman–Crippen LogP) is 4.07. The van der Waals surface area contributed by atoms with Crippen LogP contribution in [0.4, 0.5) is 11.4 Å². The summed E-state index contributed by atoms with van der Waals surface area (Å²) >= 11 is 0. The van der Waals surface area contributed by atoms with Gasteiger partial charge >= 0.3 is 5.97 Å². The Morgan fingerprint density at radius 2 is 1.90 bits per heavy atom. The summed E-state index contributed by atoms with van der Waals surface area (Å²) in [5.41, 5.74) is 4.73. The highest BCUT2D eigenvalue weighted by Crippen LogP contribution is 2.39. The number of fused-ring (bicyclic) bond motifs is 1. The van der Waals surface area contributed by atoms with Gasteiger partial charge in [-0.05, 0) is 54.7 Å². The molecule has 2 N–H and O–H groups in total. The molecule has 1 amide bonds. The van der Waals surface area contributed by atoms with Crippen LogP contribution in [0, 0.1) is 11.3 Å². The molecule has 0 spiro atoms. The van der Waals surface area contributed by atoms with Gasteiger partial charge in [-0.2, -0.15) is 5.26 Å². The summed E-state index contributed by atoms with van der Waals surface area (Å²) in [6.07, 6.45) is 1.65. The van der Waals surface area contributed by atoms with Crippen LogP contribution in [-0.4, -0.2) is 23.0 Å². The highest BCUT2D eigenvalue weighted by atomic mass is 16.4. The first kappa shape index (κ1) is 20.4. The van der Waals surface area contributed by atoms with E-state index in [2.05, 4.69) is 11.4 Å². The lowest BCUT2D eigenvalue weighted by Gasteiger charge is -2.39. The smallest absolute Gasteiger partial charge is 0.303 e. The molecule has 0 aromatic heterocycles. The van der Waals surface area contributed by atoms with E-state index in [0.29, 0.717) is 12.8 Å². The van der Waals surface area contributed by atoms with Gasteiger partial charge < -0.3 is 15.3 Å². The Hall–Kier alpha value is -3.33. The Labute approximate surface area is 170 Å². The summed E-state index contributed by atoms with van der Waals surface area (Å²) in [5.74, 6) is -0.829. The summed E-state index contributed by atoms with van der Waals surface area (Å²) in [4.78, 5) is 25.0. The van der Waals surface area contributed by atoms with Crippen molar-refractivity contribution in [1.82, 2.24) is 0 Å². The number of hydrogen-bond acceptors (Lipinski definition) is 4. The van der Waals surface area contributed by atoms with E-state index in [9.17, 15) is 9.59 Å². The van der Waals surface area contributed by atoms with E-state index < -0.39 is 5.97 Å². The van der Waals surface area contributed by atoms with E-state index in [1.54, 1.807) is 6.92 Å². The number of nitriles is 1. The molecule has 0 aliphatic carbocycles. The molecule has 0 bridgehead atoms. The normalized spacial score (nSPS) is 17.9. The maximum Gasteiger partial charge on any atom is 0.303 e. The third-order valence-electron chi connectivity index (χ3n) is 5.29. The van der Waals surface area contributed by atoms with Gasteiger partial charge in [-0.1, -0.05) is 24.3 Å². The monoisotopic (exact) mass is 391 g/mol. The SMILES string of the molecule is CC(=O)N1c2ccc(CCC(=O)O)cc2C(Nc2ccc(CC#N)cc2)CC1C. The number of carboxylic acid groups (broad SMARTS) is 1. The number of carbonyl (C=O) groups is 2. The molecular weight excluding hydrogens is 366 g/mol. The topological polar surface area (TPSA) is 93.4 Å². The number of anilines is 2. The van der Waals surface area contributed by atoms with Gasteiger partial charge in [-0.3, -0.25) is 9.59 Å². The molecule has 0 fully saturated rings. The Morgan fingerprint density at radius 3 is 2.52 bits per heavy atom. The average Bonchev–Trinajstić information content (AvgIpc) is 2.68. The lowest BCUT2D eigenvalue weighted by molar-refractivity contribution is -0.137. The molecule has 0 saturated carbocycles. The second-order valence-electron chi connectivity index (χ2n) is 7.49. The zero-order chi connectivity index (χ0) is 21.0. The molecule has 1 aliphatic heterocycles. The minimum Gasteiger partial charge on any atom is -0.481 e. The zero-order valence-corrected chi connectivity index (χ0v) is 16.7. The van der Waals surface area contributed by atoms with Gasteiger partial charge in [0.15, 0.2) is 0 Å². The van der Waals surface area contributed by atoms with Crippen molar-refractivity contribution >= 4 is 23.3 Å². The number of nitrogens with zero attached hydrogens (tertiary/aromatic N) is 2. The number of rotatable bonds is 6. The van der Waals surface area contributed by atoms with Crippen molar-refractivity contribution in [2.45, 2.75) is 51.6 Å². The molecule has 2 aromatic rings. The van der Waals surface area contributed by atoms with Gasteiger partial charge in [0.2, 0.25) is 5.91 Å². The molecule has 1 aliphatic rings. The van der Waals surface area contributed by atoms with Crippen LogP contribution in [0.1, 0.15) is 49.4 Å². The number of benzene rings is 2. The molecule has 6 heteroatoms. The van der Waals surface area contributed by atoms with E-state index >= 15 is 0 Å². The molecule has 6 nitrogen and oxygen atoms in total. The lowest BCUT2D eigenvalue weighted by atomic mass is 9.89. The van der Waals surface area contributed by atoms with Crippen molar-refractivity contribution in [2.75, 3.05) is 10.2 Å². The minimum absolute atomic E-state index is 0.00203.